The molecule has 0 saturated carbocycles. The number of carbonyl (C=O) groups is 1. The molecular formula is C27H31N3O5. The number of nitrogens with zero attached hydrogens (tertiary/aromatic N) is 3. The summed E-state index contributed by atoms with van der Waals surface area (Å²) in [5.74, 6) is 0.268. The number of aliphatic hydroxyl groups excluding tert-OH is 1. The highest BCUT2D eigenvalue weighted by Gasteiger charge is 2.64. The van der Waals surface area contributed by atoms with Crippen molar-refractivity contribution >= 4 is 5.78 Å². The van der Waals surface area contributed by atoms with E-state index in [0.717, 1.165) is 6.42 Å². The van der Waals surface area contributed by atoms with E-state index >= 15 is 0 Å². The first kappa shape index (κ1) is 21.6. The van der Waals surface area contributed by atoms with Crippen molar-refractivity contribution in [3.8, 4) is 6.07 Å². The zero-order chi connectivity index (χ0) is 25.7. The lowest BCUT2D eigenvalue weighted by Gasteiger charge is -2.62. The van der Waals surface area contributed by atoms with E-state index in [1.807, 2.05) is 7.05 Å². The second-order valence-electron chi connectivity index (χ2n) is 10.7. The summed E-state index contributed by atoms with van der Waals surface area (Å²) in [7, 11) is 2.04. The molecule has 4 aliphatic heterocycles. The van der Waals surface area contributed by atoms with Crippen molar-refractivity contribution in [2.24, 2.45) is 0 Å². The standard InChI is InChI=1S/C27H31N3O5/c1-12-6-16-7-17-19(9-28)30-18(23(29(17)5)21(16)14(3)13(12)2)8-27(33)22(20(30)10-31)25-24(34-11-35-25)15(4)26(27)32/h6,17-20,23,31,33H,7-8,10-11H2,1-5H3/t17-,18?,19-,20-,23+,27?/m0/s1/i31T. The van der Waals surface area contributed by atoms with Crippen molar-refractivity contribution in [2.75, 3.05) is 20.4 Å². The summed E-state index contributed by atoms with van der Waals surface area (Å²) in [4.78, 5) is 18.1. The minimum absolute atomic E-state index is 0.0480. The molecule has 0 spiro atoms. The van der Waals surface area contributed by atoms with E-state index in [-0.39, 0.29) is 37.9 Å². The van der Waals surface area contributed by atoms with Crippen LogP contribution in [0.4, 0.5) is 0 Å². The highest BCUT2D eigenvalue weighted by atomic mass is 16.7. The molecule has 3 saturated heterocycles. The molecule has 2 N–H and O–H groups in total. The second-order valence-corrected chi connectivity index (χ2v) is 10.7. The van der Waals surface area contributed by atoms with Gasteiger partial charge in [-0.05, 0) is 69.0 Å². The number of piperazine rings is 1. The Kier molecular flexibility index (Phi) is 4.56. The first-order valence-corrected chi connectivity index (χ1v) is 12.2. The maximum absolute atomic E-state index is 13.7. The zero-order valence-corrected chi connectivity index (χ0v) is 20.7. The summed E-state index contributed by atoms with van der Waals surface area (Å²) in [5.41, 5.74) is 4.96. The molecule has 2 unspecified atom stereocenters. The molecule has 2 bridgehead atoms. The molecule has 4 heterocycles. The van der Waals surface area contributed by atoms with Gasteiger partial charge in [-0.25, -0.2) is 0 Å². The van der Waals surface area contributed by atoms with Gasteiger partial charge in [-0.2, -0.15) is 5.26 Å². The molecule has 5 aliphatic rings. The molecule has 0 amide bonds. The van der Waals surface area contributed by atoms with Crippen molar-refractivity contribution in [3.05, 3.63) is 56.5 Å². The smallest absolute Gasteiger partial charge is 0.231 e. The van der Waals surface area contributed by atoms with E-state index in [1.165, 1.54) is 27.8 Å². The van der Waals surface area contributed by atoms with Gasteiger partial charge in [0.15, 0.2) is 22.9 Å². The second kappa shape index (κ2) is 7.40. The number of rotatable bonds is 2. The molecule has 8 heteroatoms. The van der Waals surface area contributed by atoms with E-state index in [9.17, 15) is 15.2 Å². The number of likely N-dealkylation sites (N-methyl/N-ethyl adjacent to an activating group) is 1. The van der Waals surface area contributed by atoms with Gasteiger partial charge in [0.25, 0.3) is 0 Å². The number of fused-ring (bicyclic) bond motifs is 8. The Morgan fingerprint density at radius 2 is 1.97 bits per heavy atom. The number of ketones is 1. The molecule has 184 valence electrons. The third-order valence-electron chi connectivity index (χ3n) is 9.26. The maximum atomic E-state index is 13.7. The Labute approximate surface area is 206 Å². The van der Waals surface area contributed by atoms with Crippen molar-refractivity contribution in [3.63, 3.8) is 0 Å². The van der Waals surface area contributed by atoms with Gasteiger partial charge in [0.05, 0.1) is 24.8 Å². The van der Waals surface area contributed by atoms with E-state index in [4.69, 9.17) is 16.0 Å². The first-order chi connectivity index (χ1) is 17.2. The Morgan fingerprint density at radius 1 is 1.23 bits per heavy atom. The van der Waals surface area contributed by atoms with Gasteiger partial charge < -0.3 is 19.7 Å². The molecule has 1 aromatic carbocycles. The number of hydrogen-bond donors (Lipinski definition) is 2. The van der Waals surface area contributed by atoms with E-state index in [2.05, 4.69) is 42.7 Å². The lowest BCUT2D eigenvalue weighted by molar-refractivity contribution is -0.150. The minimum atomic E-state index is -1.83. The van der Waals surface area contributed by atoms with Gasteiger partial charge in [-0.15, -0.1) is 0 Å². The van der Waals surface area contributed by atoms with Crippen molar-refractivity contribution in [1.29, 1.82) is 6.69 Å². The molecule has 1 aliphatic carbocycles. The normalized spacial score (nSPS) is 36.4. The van der Waals surface area contributed by atoms with Gasteiger partial charge in [0.2, 0.25) is 8.22 Å². The summed E-state index contributed by atoms with van der Waals surface area (Å²) in [6.45, 7) is 7.87. The first-order valence-electron chi connectivity index (χ1n) is 12.6. The number of ether oxygens (including phenoxy) is 2. The summed E-state index contributed by atoms with van der Waals surface area (Å²) >= 11 is 0. The number of nitriles is 1. The van der Waals surface area contributed by atoms with Crippen LogP contribution in [0, 0.1) is 32.1 Å². The quantitative estimate of drug-likeness (QED) is 0.660. The summed E-state index contributed by atoms with van der Waals surface area (Å²) in [6, 6.07) is 2.97. The lowest BCUT2D eigenvalue weighted by atomic mass is 9.64. The van der Waals surface area contributed by atoms with Crippen LogP contribution < -0.4 is 0 Å². The van der Waals surface area contributed by atoms with E-state index < -0.39 is 23.5 Å². The monoisotopic (exact) mass is 479 g/mol. The number of piperidine rings is 1. The van der Waals surface area contributed by atoms with Gasteiger partial charge in [0.1, 0.15) is 6.04 Å². The van der Waals surface area contributed by atoms with Gasteiger partial charge >= 0.3 is 0 Å². The van der Waals surface area contributed by atoms with Crippen LogP contribution in [0.15, 0.2) is 28.7 Å². The summed E-state index contributed by atoms with van der Waals surface area (Å²) in [5, 5.41) is 27.5. The average molecular weight is 480 g/mol. The molecule has 0 aromatic heterocycles. The number of carbonyl (C=O) groups excluding carboxylic acids is 1. The number of hydrogen-bond acceptors (Lipinski definition) is 8. The Hall–Kier alpha value is -2.70. The molecule has 6 atom stereocenters. The van der Waals surface area contributed by atoms with Crippen molar-refractivity contribution in [2.45, 2.75) is 76.3 Å². The highest BCUT2D eigenvalue weighted by Crippen LogP contribution is 2.54. The number of aryl methyl sites for hydroxylation is 1. The summed E-state index contributed by atoms with van der Waals surface area (Å²) < 4.78 is 19.0. The fourth-order valence-corrected chi connectivity index (χ4v) is 7.44. The van der Waals surface area contributed by atoms with E-state index in [1.54, 1.807) is 6.92 Å². The van der Waals surface area contributed by atoms with Crippen LogP contribution in [0.1, 0.15) is 47.2 Å². The molecule has 0 radical (unpaired) electrons. The van der Waals surface area contributed by atoms with Gasteiger partial charge in [-0.1, -0.05) is 6.07 Å². The number of benzene rings is 1. The Morgan fingerprint density at radius 3 is 2.69 bits per heavy atom. The van der Waals surface area contributed by atoms with Crippen LogP contribution >= 0.6 is 0 Å². The van der Waals surface area contributed by atoms with Crippen molar-refractivity contribution in [1.82, 2.24) is 9.80 Å². The highest BCUT2D eigenvalue weighted by molar-refractivity contribution is 6.06. The number of Topliss-reactive ketones (excluding diaryl/α,β-unsaturated/α-hetero) is 1. The van der Waals surface area contributed by atoms with Crippen LogP contribution in [0.5, 0.6) is 0 Å². The van der Waals surface area contributed by atoms with Crippen molar-refractivity contribution < 1.29 is 24.5 Å². The predicted molar refractivity (Wildman–Crippen MR) is 126 cm³/mol. The minimum Gasteiger partial charge on any atom is -0.453 e. The lowest BCUT2D eigenvalue weighted by Crippen LogP contribution is -2.74. The van der Waals surface area contributed by atoms with E-state index in [0.29, 0.717) is 22.7 Å². The predicted octanol–water partition coefficient (Wildman–Crippen LogP) is 1.70. The fraction of sp³-hybridized carbons (Fsp3) is 0.556. The molecule has 35 heavy (non-hydrogen) atoms. The van der Waals surface area contributed by atoms with Gasteiger partial charge in [-0.3, -0.25) is 14.6 Å². The molecule has 6 rings (SSSR count). The summed E-state index contributed by atoms with van der Waals surface area (Å²) in [6.07, 6.45) is 0.831. The van der Waals surface area contributed by atoms with Crippen LogP contribution in [-0.2, 0) is 20.7 Å². The van der Waals surface area contributed by atoms with Crippen LogP contribution in [0.25, 0.3) is 0 Å². The largest absolute Gasteiger partial charge is 0.453 e. The number of aliphatic hydroxyl groups is 2. The third kappa shape index (κ3) is 2.67. The van der Waals surface area contributed by atoms with Crippen LogP contribution in [0.2, 0.25) is 0 Å². The molecular weight excluding hydrogens is 446 g/mol. The van der Waals surface area contributed by atoms with Crippen LogP contribution in [-0.4, -0.2) is 77.4 Å². The Bertz CT molecular complexity index is 1300. The average Bonchev–Trinajstić information content (AvgIpc) is 3.32. The molecule has 3 fully saturated rings. The van der Waals surface area contributed by atoms with Crippen LogP contribution in [0.3, 0.4) is 0 Å². The topological polar surface area (TPSA) is 106 Å². The molecule has 1 aromatic rings. The Balaban J connectivity index is 1.61. The third-order valence-corrected chi connectivity index (χ3v) is 9.26. The van der Waals surface area contributed by atoms with Gasteiger partial charge in [0, 0.05) is 29.7 Å². The SMILES string of the molecule is [3H]OC[C@H]1C2=C3OCOC3=C(C)C(=O)C2(O)CC2[C@@H]3c4c(cc(C)c(C)c4C)C[C@@H]([C@H](C#N)N21)N3C. The zero-order valence-electron chi connectivity index (χ0n) is 21.7. The molecule has 8 nitrogen and oxygen atoms in total. The fourth-order valence-electron chi connectivity index (χ4n) is 7.44. The maximum Gasteiger partial charge on any atom is 0.231 e.